The van der Waals surface area contributed by atoms with Gasteiger partial charge < -0.3 is 9.47 Å². The monoisotopic (exact) mass is 626 g/mol. The average Bonchev–Trinajstić information content (AvgIpc) is 2.76. The number of ether oxygens (including phenoxy) is 2. The third kappa shape index (κ3) is 4.54. The molecule has 3 aromatic carbocycles. The van der Waals surface area contributed by atoms with Crippen molar-refractivity contribution < 1.29 is 19.1 Å². The number of rotatable bonds is 6. The molecule has 0 aliphatic rings. The van der Waals surface area contributed by atoms with Gasteiger partial charge >= 0.3 is 11.9 Å². The normalized spacial score (nSPS) is 10.5. The maximum Gasteiger partial charge on any atom is 0.339 e. The minimum atomic E-state index is -0.411. The van der Waals surface area contributed by atoms with Crippen molar-refractivity contribution in [2.45, 2.75) is 13.8 Å². The van der Waals surface area contributed by atoms with E-state index in [-0.39, 0.29) is 13.2 Å². The minimum Gasteiger partial charge on any atom is -0.462 e. The Hall–Kier alpha value is -1.94. The summed E-state index contributed by atoms with van der Waals surface area (Å²) >= 11 is 4.29. The van der Waals surface area contributed by atoms with Gasteiger partial charge in [0.15, 0.2) is 0 Å². The quantitative estimate of drug-likeness (QED) is 0.229. The van der Waals surface area contributed by atoms with Crippen LogP contribution in [0.15, 0.2) is 60.7 Å². The van der Waals surface area contributed by atoms with Crippen molar-refractivity contribution in [1.29, 1.82) is 0 Å². The van der Waals surface area contributed by atoms with Crippen LogP contribution in [0.4, 0.5) is 0 Å². The molecule has 0 aliphatic carbocycles. The SMILES string of the molecule is CCOC(=O)c1c(I)c(-c2ccccc2)c(C(=O)OCC)c(I)c1-c1ccccc1. The second-order valence-electron chi connectivity index (χ2n) is 6.30. The fraction of sp³-hybridized carbons (Fsp3) is 0.167. The van der Waals surface area contributed by atoms with Crippen molar-refractivity contribution >= 4 is 57.1 Å². The molecule has 0 saturated heterocycles. The molecule has 0 unspecified atom stereocenters. The summed E-state index contributed by atoms with van der Waals surface area (Å²) in [5, 5.41) is 0. The van der Waals surface area contributed by atoms with Gasteiger partial charge in [-0.1, -0.05) is 60.7 Å². The molecule has 0 heterocycles. The molecule has 6 heteroatoms. The Balaban J connectivity index is 2.46. The zero-order valence-corrected chi connectivity index (χ0v) is 20.9. The van der Waals surface area contributed by atoms with Gasteiger partial charge in [0.1, 0.15) is 0 Å². The number of esters is 2. The smallest absolute Gasteiger partial charge is 0.339 e. The van der Waals surface area contributed by atoms with E-state index in [0.717, 1.165) is 11.1 Å². The van der Waals surface area contributed by atoms with E-state index in [1.165, 1.54) is 0 Å². The predicted molar refractivity (Wildman–Crippen MR) is 135 cm³/mol. The molecule has 30 heavy (non-hydrogen) atoms. The van der Waals surface area contributed by atoms with Crippen LogP contribution in [0.5, 0.6) is 0 Å². The van der Waals surface area contributed by atoms with E-state index in [1.807, 2.05) is 60.7 Å². The number of benzene rings is 3. The van der Waals surface area contributed by atoms with E-state index >= 15 is 0 Å². The second kappa shape index (κ2) is 10.4. The first kappa shape index (κ1) is 22.7. The maximum atomic E-state index is 13.1. The first-order valence-electron chi connectivity index (χ1n) is 9.51. The summed E-state index contributed by atoms with van der Waals surface area (Å²) in [6.07, 6.45) is 0. The summed E-state index contributed by atoms with van der Waals surface area (Å²) in [7, 11) is 0. The van der Waals surface area contributed by atoms with Crippen molar-refractivity contribution in [3.63, 3.8) is 0 Å². The Morgan fingerprint density at radius 1 is 0.667 bits per heavy atom. The molecule has 0 amide bonds. The zero-order chi connectivity index (χ0) is 21.7. The van der Waals surface area contributed by atoms with Crippen molar-refractivity contribution in [3.8, 4) is 22.3 Å². The van der Waals surface area contributed by atoms with E-state index in [2.05, 4.69) is 45.2 Å². The molecule has 0 bridgehead atoms. The Morgan fingerprint density at radius 3 is 1.30 bits per heavy atom. The molecular formula is C24H20I2O4. The molecule has 0 radical (unpaired) electrons. The number of halogens is 2. The summed E-state index contributed by atoms with van der Waals surface area (Å²) < 4.78 is 12.1. The molecule has 0 N–H and O–H groups in total. The van der Waals surface area contributed by atoms with Crippen LogP contribution in [0.1, 0.15) is 34.6 Å². The van der Waals surface area contributed by atoms with Crippen molar-refractivity contribution in [2.75, 3.05) is 13.2 Å². The van der Waals surface area contributed by atoms with Crippen LogP contribution in [0.2, 0.25) is 0 Å². The summed E-state index contributed by atoms with van der Waals surface area (Å²) in [6, 6.07) is 19.1. The van der Waals surface area contributed by atoms with Gasteiger partial charge in [-0.3, -0.25) is 0 Å². The van der Waals surface area contributed by atoms with Crippen LogP contribution in [0.3, 0.4) is 0 Å². The summed E-state index contributed by atoms with van der Waals surface area (Å²) in [4.78, 5) is 26.1. The largest absolute Gasteiger partial charge is 0.462 e. The maximum absolute atomic E-state index is 13.1. The second-order valence-corrected chi connectivity index (χ2v) is 8.46. The van der Waals surface area contributed by atoms with Crippen molar-refractivity contribution in [1.82, 2.24) is 0 Å². The number of carbonyl (C=O) groups excluding carboxylic acids is 2. The van der Waals surface area contributed by atoms with Gasteiger partial charge in [-0.15, -0.1) is 0 Å². The van der Waals surface area contributed by atoms with Gasteiger partial charge in [0.05, 0.1) is 24.3 Å². The van der Waals surface area contributed by atoms with Crippen LogP contribution in [-0.2, 0) is 9.47 Å². The molecule has 3 rings (SSSR count). The fourth-order valence-corrected chi connectivity index (χ4v) is 5.37. The van der Waals surface area contributed by atoms with E-state index in [1.54, 1.807) is 13.8 Å². The number of hydrogen-bond donors (Lipinski definition) is 0. The molecule has 4 nitrogen and oxygen atoms in total. The van der Waals surface area contributed by atoms with Gasteiger partial charge in [-0.05, 0) is 70.2 Å². The Kier molecular flexibility index (Phi) is 7.87. The van der Waals surface area contributed by atoms with Crippen molar-refractivity contribution in [3.05, 3.63) is 78.9 Å². The van der Waals surface area contributed by atoms with Gasteiger partial charge in [-0.2, -0.15) is 0 Å². The highest BCUT2D eigenvalue weighted by atomic mass is 127. The summed E-state index contributed by atoms with van der Waals surface area (Å²) in [5.41, 5.74) is 3.96. The van der Waals surface area contributed by atoms with E-state index < -0.39 is 11.9 Å². The third-order valence-electron chi connectivity index (χ3n) is 4.46. The molecule has 0 saturated carbocycles. The molecule has 0 aromatic heterocycles. The van der Waals surface area contributed by atoms with E-state index in [4.69, 9.17) is 9.47 Å². The highest BCUT2D eigenvalue weighted by Gasteiger charge is 2.31. The molecule has 0 aliphatic heterocycles. The lowest BCUT2D eigenvalue weighted by molar-refractivity contribution is 0.0511. The highest BCUT2D eigenvalue weighted by molar-refractivity contribution is 14.1. The third-order valence-corrected chi connectivity index (χ3v) is 6.62. The lowest BCUT2D eigenvalue weighted by Gasteiger charge is -2.21. The van der Waals surface area contributed by atoms with Gasteiger partial charge in [0.2, 0.25) is 0 Å². The lowest BCUT2D eigenvalue weighted by atomic mass is 9.90. The number of hydrogen-bond acceptors (Lipinski definition) is 4. The first-order valence-corrected chi connectivity index (χ1v) is 11.7. The van der Waals surface area contributed by atoms with Gasteiger partial charge in [0.25, 0.3) is 0 Å². The Morgan fingerprint density at radius 2 is 1.00 bits per heavy atom. The highest BCUT2D eigenvalue weighted by Crippen LogP contribution is 2.42. The topological polar surface area (TPSA) is 52.6 Å². The van der Waals surface area contributed by atoms with Crippen LogP contribution in [-0.4, -0.2) is 25.2 Å². The van der Waals surface area contributed by atoms with Crippen LogP contribution >= 0.6 is 45.2 Å². The van der Waals surface area contributed by atoms with Crippen LogP contribution < -0.4 is 0 Å². The van der Waals surface area contributed by atoms with Gasteiger partial charge in [-0.25, -0.2) is 9.59 Å². The fourth-order valence-electron chi connectivity index (χ4n) is 3.23. The zero-order valence-electron chi connectivity index (χ0n) is 16.6. The summed E-state index contributed by atoms with van der Waals surface area (Å²) in [6.45, 7) is 4.09. The van der Waals surface area contributed by atoms with Crippen molar-refractivity contribution in [2.24, 2.45) is 0 Å². The number of carbonyl (C=O) groups is 2. The van der Waals surface area contributed by atoms with Gasteiger partial charge in [0, 0.05) is 18.3 Å². The van der Waals surface area contributed by atoms with Crippen LogP contribution in [0.25, 0.3) is 22.3 Å². The molecule has 154 valence electrons. The summed E-state index contributed by atoms with van der Waals surface area (Å²) in [5.74, 6) is -0.822. The standard InChI is InChI=1S/C24H20I2O4/c1-3-29-23(27)19-17(15-11-7-5-8-12-15)22(26)20(24(28)30-4-2)18(21(19)25)16-13-9-6-10-14-16/h5-14H,3-4H2,1-2H3. The average molecular weight is 626 g/mol. The van der Waals surface area contributed by atoms with Crippen LogP contribution in [0, 0.1) is 7.14 Å². The molecule has 0 spiro atoms. The predicted octanol–water partition coefficient (Wildman–Crippen LogP) is 6.58. The van der Waals surface area contributed by atoms with E-state index in [0.29, 0.717) is 29.4 Å². The molecule has 0 fully saturated rings. The minimum absolute atomic E-state index is 0.264. The Bertz CT molecular complexity index is 977. The molecule has 3 aromatic rings. The molecular weight excluding hydrogens is 606 g/mol. The Labute approximate surface area is 203 Å². The van der Waals surface area contributed by atoms with E-state index in [9.17, 15) is 9.59 Å². The first-order chi connectivity index (χ1) is 14.5. The molecule has 0 atom stereocenters. The lowest BCUT2D eigenvalue weighted by Crippen LogP contribution is -2.17.